The van der Waals surface area contributed by atoms with Gasteiger partial charge in [-0.3, -0.25) is 0 Å². The summed E-state index contributed by atoms with van der Waals surface area (Å²) in [6.07, 6.45) is 8.60. The van der Waals surface area contributed by atoms with Crippen LogP contribution in [-0.2, 0) is 0 Å². The molecule has 0 aliphatic rings. The lowest BCUT2D eigenvalue weighted by atomic mass is 10.4. The van der Waals surface area contributed by atoms with Gasteiger partial charge in [0, 0.05) is 18.9 Å². The molecule has 17 heavy (non-hydrogen) atoms. The lowest BCUT2D eigenvalue weighted by molar-refractivity contribution is 0.975. The van der Waals surface area contributed by atoms with Crippen LogP contribution in [0.25, 0.3) is 5.65 Å². The van der Waals surface area contributed by atoms with Crippen molar-refractivity contribution >= 4 is 29.0 Å². The third kappa shape index (κ3) is 2.80. The molecule has 0 aliphatic carbocycles. The molecular weight excluding hydrogens is 236 g/mol. The molecule has 6 nitrogen and oxygen atoms in total. The molecule has 2 aromatic rings. The minimum absolute atomic E-state index is 0.614. The highest BCUT2D eigenvalue weighted by atomic mass is 32.2. The summed E-state index contributed by atoms with van der Waals surface area (Å²) in [7, 11) is 0. The molecule has 0 atom stereocenters. The maximum Gasteiger partial charge on any atom is 0.180 e. The van der Waals surface area contributed by atoms with Gasteiger partial charge in [-0.25, -0.2) is 15.8 Å². The Bertz CT molecular complexity index is 483. The Kier molecular flexibility index (Phi) is 4.05. The van der Waals surface area contributed by atoms with E-state index in [0.29, 0.717) is 5.82 Å². The Morgan fingerprint density at radius 3 is 3.18 bits per heavy atom. The molecule has 2 aromatic heterocycles. The fraction of sp³-hybridized carbons (Fsp3) is 0.400. The number of hydrogen-bond donors (Lipinski definition) is 3. The van der Waals surface area contributed by atoms with Crippen LogP contribution in [0.5, 0.6) is 0 Å². The van der Waals surface area contributed by atoms with Gasteiger partial charge < -0.3 is 15.1 Å². The van der Waals surface area contributed by atoms with Crippen LogP contribution >= 0.6 is 11.8 Å². The summed E-state index contributed by atoms with van der Waals surface area (Å²) in [5, 5.41) is 3.28. The van der Waals surface area contributed by atoms with Crippen molar-refractivity contribution in [3.8, 4) is 0 Å². The van der Waals surface area contributed by atoms with Crippen molar-refractivity contribution in [1.29, 1.82) is 0 Å². The molecule has 0 saturated carbocycles. The third-order valence-corrected chi connectivity index (χ3v) is 3.04. The molecule has 0 saturated heterocycles. The molecule has 0 fully saturated rings. The van der Waals surface area contributed by atoms with Crippen LogP contribution in [0.3, 0.4) is 0 Å². The molecule has 4 N–H and O–H groups in total. The van der Waals surface area contributed by atoms with Gasteiger partial charge >= 0.3 is 0 Å². The fourth-order valence-electron chi connectivity index (χ4n) is 1.54. The molecular formula is C10H16N6S. The van der Waals surface area contributed by atoms with Gasteiger partial charge in [-0.1, -0.05) is 0 Å². The number of nitrogens with two attached hydrogens (primary N) is 1. The van der Waals surface area contributed by atoms with Crippen LogP contribution in [0.1, 0.15) is 6.42 Å². The van der Waals surface area contributed by atoms with E-state index < -0.39 is 0 Å². The van der Waals surface area contributed by atoms with E-state index in [1.165, 1.54) is 0 Å². The normalized spacial score (nSPS) is 10.7. The first kappa shape index (κ1) is 12.0. The first-order chi connectivity index (χ1) is 8.35. The van der Waals surface area contributed by atoms with Crippen LogP contribution in [0, 0.1) is 0 Å². The van der Waals surface area contributed by atoms with Gasteiger partial charge in [0.05, 0.1) is 6.20 Å². The number of anilines is 2. The van der Waals surface area contributed by atoms with Crippen molar-refractivity contribution in [1.82, 2.24) is 14.4 Å². The predicted octanol–water partition coefficient (Wildman–Crippen LogP) is 1.18. The quantitative estimate of drug-likeness (QED) is 0.407. The van der Waals surface area contributed by atoms with Gasteiger partial charge in [0.2, 0.25) is 0 Å². The SMILES string of the molecule is CSCCCNc1nc(NN)cn2ccnc12. The van der Waals surface area contributed by atoms with E-state index in [1.807, 2.05) is 22.4 Å². The average molecular weight is 252 g/mol. The summed E-state index contributed by atoms with van der Waals surface area (Å²) in [6, 6.07) is 0. The number of fused-ring (bicyclic) bond motifs is 1. The zero-order valence-corrected chi connectivity index (χ0v) is 10.5. The summed E-state index contributed by atoms with van der Waals surface area (Å²) >= 11 is 1.84. The molecule has 0 bridgehead atoms. The van der Waals surface area contributed by atoms with Crippen LogP contribution in [-0.4, -0.2) is 32.9 Å². The van der Waals surface area contributed by atoms with Crippen molar-refractivity contribution in [3.63, 3.8) is 0 Å². The molecule has 2 heterocycles. The molecule has 0 unspecified atom stereocenters. The van der Waals surface area contributed by atoms with E-state index in [-0.39, 0.29) is 0 Å². The molecule has 0 radical (unpaired) electrons. The summed E-state index contributed by atoms with van der Waals surface area (Å²) in [5.41, 5.74) is 3.36. The Morgan fingerprint density at radius 2 is 2.41 bits per heavy atom. The standard InChI is InChI=1S/C10H16N6S/c1-17-6-2-3-12-9-10-13-4-5-16(10)7-8(14-9)15-11/h4-5,7,15H,2-3,6,11H2,1H3,(H,12,14). The van der Waals surface area contributed by atoms with Crippen LogP contribution in [0.4, 0.5) is 11.6 Å². The van der Waals surface area contributed by atoms with Crippen molar-refractivity contribution in [2.75, 3.05) is 29.3 Å². The smallest absolute Gasteiger partial charge is 0.180 e. The highest BCUT2D eigenvalue weighted by molar-refractivity contribution is 7.98. The van der Waals surface area contributed by atoms with Crippen molar-refractivity contribution < 1.29 is 0 Å². The number of nitrogen functional groups attached to an aromatic ring is 1. The monoisotopic (exact) mass is 252 g/mol. The first-order valence-corrected chi connectivity index (χ1v) is 6.77. The summed E-state index contributed by atoms with van der Waals surface area (Å²) in [6.45, 7) is 0.879. The van der Waals surface area contributed by atoms with Gasteiger partial charge in [-0.15, -0.1) is 0 Å². The second-order valence-electron chi connectivity index (χ2n) is 3.55. The lowest BCUT2D eigenvalue weighted by Crippen LogP contribution is -2.12. The van der Waals surface area contributed by atoms with Gasteiger partial charge in [-0.2, -0.15) is 11.8 Å². The first-order valence-electron chi connectivity index (χ1n) is 5.38. The van der Waals surface area contributed by atoms with Gasteiger partial charge in [0.25, 0.3) is 0 Å². The molecule has 0 aromatic carbocycles. The van der Waals surface area contributed by atoms with Gasteiger partial charge in [0.15, 0.2) is 17.3 Å². The number of rotatable bonds is 6. The average Bonchev–Trinajstić information content (AvgIpc) is 2.82. The second-order valence-corrected chi connectivity index (χ2v) is 4.54. The Balaban J connectivity index is 2.16. The van der Waals surface area contributed by atoms with Gasteiger partial charge in [-0.05, 0) is 18.4 Å². The predicted molar refractivity (Wildman–Crippen MR) is 72.3 cm³/mol. The molecule has 0 spiro atoms. The number of hydrazine groups is 1. The Morgan fingerprint density at radius 1 is 1.53 bits per heavy atom. The highest BCUT2D eigenvalue weighted by Crippen LogP contribution is 2.15. The van der Waals surface area contributed by atoms with E-state index in [1.54, 1.807) is 12.4 Å². The Hall–Kier alpha value is -1.47. The number of aromatic nitrogens is 3. The van der Waals surface area contributed by atoms with Crippen LogP contribution in [0.15, 0.2) is 18.6 Å². The Labute approximate surface area is 104 Å². The maximum absolute atomic E-state index is 5.38. The van der Waals surface area contributed by atoms with E-state index in [0.717, 1.165) is 30.2 Å². The lowest BCUT2D eigenvalue weighted by Gasteiger charge is -2.08. The molecule has 2 rings (SSSR count). The number of nitrogens with zero attached hydrogens (tertiary/aromatic N) is 3. The maximum atomic E-state index is 5.38. The highest BCUT2D eigenvalue weighted by Gasteiger charge is 2.05. The van der Waals surface area contributed by atoms with Gasteiger partial charge in [0.1, 0.15) is 0 Å². The minimum Gasteiger partial charge on any atom is -0.367 e. The van der Waals surface area contributed by atoms with Crippen molar-refractivity contribution in [2.45, 2.75) is 6.42 Å². The zero-order chi connectivity index (χ0) is 12.1. The minimum atomic E-state index is 0.614. The number of hydrogen-bond acceptors (Lipinski definition) is 6. The zero-order valence-electron chi connectivity index (χ0n) is 9.68. The molecule has 0 amide bonds. The number of thioether (sulfide) groups is 1. The largest absolute Gasteiger partial charge is 0.367 e. The summed E-state index contributed by atoms with van der Waals surface area (Å²) in [5.74, 6) is 7.88. The topological polar surface area (TPSA) is 80.3 Å². The molecule has 7 heteroatoms. The van der Waals surface area contributed by atoms with Crippen molar-refractivity contribution in [3.05, 3.63) is 18.6 Å². The van der Waals surface area contributed by atoms with Crippen LogP contribution in [0.2, 0.25) is 0 Å². The van der Waals surface area contributed by atoms with E-state index in [2.05, 4.69) is 27.0 Å². The third-order valence-electron chi connectivity index (χ3n) is 2.34. The molecule has 92 valence electrons. The van der Waals surface area contributed by atoms with Crippen molar-refractivity contribution in [2.24, 2.45) is 5.84 Å². The molecule has 0 aliphatic heterocycles. The summed E-state index contributed by atoms with van der Waals surface area (Å²) in [4.78, 5) is 8.61. The number of nitrogens with one attached hydrogen (secondary N) is 2. The van der Waals surface area contributed by atoms with Crippen LogP contribution < -0.4 is 16.6 Å². The van der Waals surface area contributed by atoms with E-state index in [9.17, 15) is 0 Å². The second kappa shape index (κ2) is 5.74. The summed E-state index contributed by atoms with van der Waals surface area (Å²) < 4.78 is 1.89. The van der Waals surface area contributed by atoms with E-state index >= 15 is 0 Å². The fourth-order valence-corrected chi connectivity index (χ4v) is 1.98. The van der Waals surface area contributed by atoms with E-state index in [4.69, 9.17) is 5.84 Å². The number of imidazole rings is 1.